The number of aliphatic hydroxyl groups excluding tert-OH is 1. The van der Waals surface area contributed by atoms with E-state index in [4.69, 9.17) is 0 Å². The van der Waals surface area contributed by atoms with E-state index in [1.165, 1.54) is 0 Å². The Labute approximate surface area is 141 Å². The molecule has 6 heteroatoms. The number of aliphatic imine (C=N–C) groups is 1. The van der Waals surface area contributed by atoms with Gasteiger partial charge in [-0.25, -0.2) is 4.98 Å². The second kappa shape index (κ2) is 5.47. The Balaban J connectivity index is 1.86. The summed E-state index contributed by atoms with van der Waals surface area (Å²) in [6, 6.07) is 13.4. The molecule has 5 nitrogen and oxygen atoms in total. The number of rotatable bonds is 1. The van der Waals surface area contributed by atoms with E-state index in [0.29, 0.717) is 11.7 Å². The third kappa shape index (κ3) is 2.44. The van der Waals surface area contributed by atoms with Crippen molar-refractivity contribution in [3.8, 4) is 0 Å². The summed E-state index contributed by atoms with van der Waals surface area (Å²) in [7, 11) is 0. The summed E-state index contributed by atoms with van der Waals surface area (Å²) in [5.41, 5.74) is 2.49. The third-order valence-electron chi connectivity index (χ3n) is 3.99. The van der Waals surface area contributed by atoms with Crippen LogP contribution in [0.2, 0.25) is 0 Å². The molecule has 1 aromatic carbocycles. The van der Waals surface area contributed by atoms with E-state index in [1.807, 2.05) is 60.0 Å². The maximum atomic E-state index is 10.7. The van der Waals surface area contributed by atoms with Crippen molar-refractivity contribution in [2.45, 2.75) is 19.1 Å². The number of hydrogen-bond donors (Lipinski definition) is 2. The van der Waals surface area contributed by atoms with Gasteiger partial charge in [-0.15, -0.1) is 0 Å². The van der Waals surface area contributed by atoms with Crippen molar-refractivity contribution in [2.75, 3.05) is 5.32 Å². The van der Waals surface area contributed by atoms with E-state index in [9.17, 15) is 5.11 Å². The lowest BCUT2D eigenvalue weighted by Crippen LogP contribution is -2.16. The summed E-state index contributed by atoms with van der Waals surface area (Å²) >= 11 is 3.44. The van der Waals surface area contributed by atoms with Gasteiger partial charge < -0.3 is 10.4 Å². The summed E-state index contributed by atoms with van der Waals surface area (Å²) in [4.78, 5) is 9.23. The number of aliphatic hydroxyl groups is 1. The van der Waals surface area contributed by atoms with Gasteiger partial charge in [0.05, 0.1) is 11.7 Å². The summed E-state index contributed by atoms with van der Waals surface area (Å²) < 4.78 is 2.92. The topological polar surface area (TPSA) is 61.9 Å². The molecule has 0 amide bonds. The molecule has 3 heterocycles. The second-order valence-corrected chi connectivity index (χ2v) is 6.49. The number of halogens is 1. The first-order valence-electron chi connectivity index (χ1n) is 7.39. The average Bonchev–Trinajstić information content (AvgIpc) is 2.86. The molecule has 2 N–H and O–H groups in total. The molecule has 0 aliphatic carbocycles. The Bertz CT molecular complexity index is 901. The number of amidine groups is 1. The molecule has 2 aromatic heterocycles. The monoisotopic (exact) mass is 370 g/mol. The summed E-state index contributed by atoms with van der Waals surface area (Å²) in [6.45, 7) is 1.91. The maximum Gasteiger partial charge on any atom is 0.156 e. The molecule has 4 rings (SSSR count). The molecule has 0 saturated carbocycles. The molecular weight excluding hydrogens is 356 g/mol. The zero-order chi connectivity index (χ0) is 16.0. The van der Waals surface area contributed by atoms with Crippen molar-refractivity contribution in [1.82, 2.24) is 9.38 Å². The number of nitrogens with zero attached hydrogens (tertiary/aromatic N) is 3. The molecule has 0 fully saturated rings. The van der Waals surface area contributed by atoms with Crippen LogP contribution in [-0.4, -0.2) is 26.4 Å². The molecule has 23 heavy (non-hydrogen) atoms. The number of nitrogens with one attached hydrogen (secondary N) is 1. The van der Waals surface area contributed by atoms with Gasteiger partial charge in [-0.2, -0.15) is 0 Å². The Morgan fingerprint density at radius 1 is 1.17 bits per heavy atom. The van der Waals surface area contributed by atoms with Crippen LogP contribution in [0.5, 0.6) is 0 Å². The molecule has 3 aromatic rings. The summed E-state index contributed by atoms with van der Waals surface area (Å²) in [5.74, 6) is 1.36. The molecule has 1 aliphatic rings. The summed E-state index contributed by atoms with van der Waals surface area (Å²) in [5, 5.41) is 14.0. The number of anilines is 1. The Kier molecular flexibility index (Phi) is 3.43. The van der Waals surface area contributed by atoms with Crippen molar-refractivity contribution in [2.24, 2.45) is 4.99 Å². The highest BCUT2D eigenvalue weighted by molar-refractivity contribution is 9.10. The summed E-state index contributed by atoms with van der Waals surface area (Å²) in [6.07, 6.45) is 1.19. The highest BCUT2D eigenvalue weighted by atomic mass is 79.9. The van der Waals surface area contributed by atoms with E-state index in [1.54, 1.807) is 0 Å². The fourth-order valence-electron chi connectivity index (χ4n) is 2.79. The van der Waals surface area contributed by atoms with Gasteiger partial charge in [0.25, 0.3) is 0 Å². The highest BCUT2D eigenvalue weighted by Gasteiger charge is 2.28. The SMILES string of the molecule is C[C@@H]1N=C(c2ccc(Br)cc2)Nc2nc3ccccn3c2[C@H]1O. The fraction of sp³-hybridized carbons (Fsp3) is 0.176. The Morgan fingerprint density at radius 2 is 1.96 bits per heavy atom. The van der Waals surface area contributed by atoms with Crippen LogP contribution < -0.4 is 5.32 Å². The minimum Gasteiger partial charge on any atom is -0.384 e. The predicted molar refractivity (Wildman–Crippen MR) is 93.9 cm³/mol. The van der Waals surface area contributed by atoms with Gasteiger partial charge in [0.2, 0.25) is 0 Å². The fourth-order valence-corrected chi connectivity index (χ4v) is 3.06. The quantitative estimate of drug-likeness (QED) is 0.689. The largest absolute Gasteiger partial charge is 0.384 e. The van der Waals surface area contributed by atoms with Gasteiger partial charge in [-0.05, 0) is 31.2 Å². The number of aromatic nitrogens is 2. The van der Waals surface area contributed by atoms with Crippen molar-refractivity contribution >= 4 is 33.2 Å². The normalized spacial score (nSPS) is 20.6. The van der Waals surface area contributed by atoms with Crippen LogP contribution in [0.25, 0.3) is 5.65 Å². The first-order chi connectivity index (χ1) is 11.1. The molecular formula is C17H15BrN4O. The number of hydrogen-bond acceptors (Lipinski definition) is 4. The lowest BCUT2D eigenvalue weighted by atomic mass is 10.1. The molecule has 1 aliphatic heterocycles. The van der Waals surface area contributed by atoms with Crippen LogP contribution in [-0.2, 0) is 0 Å². The lowest BCUT2D eigenvalue weighted by molar-refractivity contribution is 0.150. The first kappa shape index (κ1) is 14.4. The average molecular weight is 371 g/mol. The number of benzene rings is 1. The third-order valence-corrected chi connectivity index (χ3v) is 4.52. The smallest absolute Gasteiger partial charge is 0.156 e. The van der Waals surface area contributed by atoms with E-state index >= 15 is 0 Å². The molecule has 0 bridgehead atoms. The van der Waals surface area contributed by atoms with Crippen LogP contribution in [0, 0.1) is 0 Å². The minimum atomic E-state index is -0.720. The van der Waals surface area contributed by atoms with E-state index < -0.39 is 6.10 Å². The highest BCUT2D eigenvalue weighted by Crippen LogP contribution is 2.31. The lowest BCUT2D eigenvalue weighted by Gasteiger charge is -2.13. The Morgan fingerprint density at radius 3 is 2.74 bits per heavy atom. The second-order valence-electron chi connectivity index (χ2n) is 5.57. The van der Waals surface area contributed by atoms with Crippen molar-refractivity contribution in [1.29, 1.82) is 0 Å². The van der Waals surface area contributed by atoms with Crippen molar-refractivity contribution in [3.05, 3.63) is 64.4 Å². The number of fused-ring (bicyclic) bond motifs is 3. The van der Waals surface area contributed by atoms with E-state index in [2.05, 4.69) is 31.2 Å². The zero-order valence-electron chi connectivity index (χ0n) is 12.4. The molecule has 2 atom stereocenters. The van der Waals surface area contributed by atoms with Gasteiger partial charge in [-0.1, -0.05) is 34.1 Å². The van der Waals surface area contributed by atoms with Gasteiger partial charge in [0, 0.05) is 16.2 Å². The maximum absolute atomic E-state index is 10.7. The minimum absolute atomic E-state index is 0.275. The molecule has 0 saturated heterocycles. The molecule has 0 spiro atoms. The van der Waals surface area contributed by atoms with Crippen molar-refractivity contribution in [3.63, 3.8) is 0 Å². The van der Waals surface area contributed by atoms with Crippen molar-refractivity contribution < 1.29 is 5.11 Å². The molecule has 0 radical (unpaired) electrons. The standard InChI is InChI=1S/C17H15BrN4O/c1-10-15(23)14-17(20-13-4-2-3-9-22(13)14)21-16(19-10)11-5-7-12(18)8-6-11/h2-10,15,23H,1H3,(H,19,21)/t10-,15-/m0/s1. The first-order valence-corrected chi connectivity index (χ1v) is 8.18. The van der Waals surface area contributed by atoms with Crippen LogP contribution in [0.15, 0.2) is 58.1 Å². The number of imidazole rings is 1. The van der Waals surface area contributed by atoms with Crippen LogP contribution in [0.3, 0.4) is 0 Å². The van der Waals surface area contributed by atoms with Gasteiger partial charge in [0.15, 0.2) is 5.82 Å². The number of pyridine rings is 1. The molecule has 116 valence electrons. The van der Waals surface area contributed by atoms with Crippen LogP contribution in [0.4, 0.5) is 5.82 Å². The molecule has 0 unspecified atom stereocenters. The van der Waals surface area contributed by atoms with Gasteiger partial charge in [-0.3, -0.25) is 9.39 Å². The van der Waals surface area contributed by atoms with E-state index in [0.717, 1.165) is 21.4 Å². The van der Waals surface area contributed by atoms with E-state index in [-0.39, 0.29) is 6.04 Å². The Hall–Kier alpha value is -2.18. The predicted octanol–water partition coefficient (Wildman–Crippen LogP) is 3.39. The van der Waals surface area contributed by atoms with Crippen LogP contribution in [0.1, 0.15) is 24.3 Å². The van der Waals surface area contributed by atoms with Gasteiger partial charge in [0.1, 0.15) is 17.6 Å². The van der Waals surface area contributed by atoms with Gasteiger partial charge >= 0.3 is 0 Å². The van der Waals surface area contributed by atoms with Crippen LogP contribution >= 0.6 is 15.9 Å². The zero-order valence-corrected chi connectivity index (χ0v) is 14.0.